The van der Waals surface area contributed by atoms with Crippen LogP contribution in [0.4, 0.5) is 5.69 Å². The van der Waals surface area contributed by atoms with Crippen LogP contribution in [0.15, 0.2) is 53.7 Å². The molecule has 0 unspecified atom stereocenters. The van der Waals surface area contributed by atoms with Gasteiger partial charge in [-0.15, -0.1) is 0 Å². The number of fused-ring (bicyclic) bond motifs is 1. The number of aromatic nitrogens is 2. The average molecular weight is 427 g/mol. The highest BCUT2D eigenvalue weighted by Crippen LogP contribution is 2.36. The number of rotatable bonds is 3. The Hall–Kier alpha value is -2.64. The summed E-state index contributed by atoms with van der Waals surface area (Å²) in [5.74, 6) is 0. The van der Waals surface area contributed by atoms with E-state index in [0.29, 0.717) is 11.4 Å². The maximum Gasteiger partial charge on any atom is 0.264 e. The van der Waals surface area contributed by atoms with E-state index in [2.05, 4.69) is 10.4 Å². The summed E-state index contributed by atoms with van der Waals surface area (Å²) < 4.78 is 30.3. The number of sulfonamides is 1. The molecule has 0 radical (unpaired) electrons. The molecule has 0 saturated heterocycles. The maximum atomic E-state index is 13.5. The van der Waals surface area contributed by atoms with Crippen LogP contribution in [0, 0.1) is 13.8 Å². The summed E-state index contributed by atoms with van der Waals surface area (Å²) in [5.41, 5.74) is 5.64. The van der Waals surface area contributed by atoms with Crippen molar-refractivity contribution in [2.24, 2.45) is 7.05 Å². The standard InChI is InChI=1S/C21H23N3O2S.C2H7N/c1-15-6-4-7-17-8-5-11-24(21(15)17)27(25,26)20-10-9-18(12-16(20)2)19-13-22-23(3)14-19;1-3-2/h4,6-7,9-10,12-14H,5,8,11H2,1-3H3;3H,1-2H3. The summed E-state index contributed by atoms with van der Waals surface area (Å²) in [6.45, 7) is 4.35. The highest BCUT2D eigenvalue weighted by molar-refractivity contribution is 7.92. The minimum atomic E-state index is -3.61. The summed E-state index contributed by atoms with van der Waals surface area (Å²) in [7, 11) is 2.01. The van der Waals surface area contributed by atoms with Crippen LogP contribution in [0.2, 0.25) is 0 Å². The van der Waals surface area contributed by atoms with Crippen LogP contribution < -0.4 is 9.62 Å². The first-order valence-electron chi connectivity index (χ1n) is 10.1. The lowest BCUT2D eigenvalue weighted by Crippen LogP contribution is -2.36. The number of benzene rings is 2. The summed E-state index contributed by atoms with van der Waals surface area (Å²) in [6, 6.07) is 11.5. The van der Waals surface area contributed by atoms with Crippen molar-refractivity contribution in [3.05, 3.63) is 65.5 Å². The summed E-state index contributed by atoms with van der Waals surface area (Å²) >= 11 is 0. The number of nitrogens with one attached hydrogen (secondary N) is 1. The van der Waals surface area contributed by atoms with E-state index in [0.717, 1.165) is 46.3 Å². The van der Waals surface area contributed by atoms with Gasteiger partial charge in [0.15, 0.2) is 0 Å². The molecular weight excluding hydrogens is 396 g/mol. The van der Waals surface area contributed by atoms with Crippen LogP contribution in [-0.4, -0.2) is 38.8 Å². The molecule has 7 heteroatoms. The van der Waals surface area contributed by atoms with Crippen molar-refractivity contribution in [2.75, 3.05) is 24.9 Å². The van der Waals surface area contributed by atoms with Gasteiger partial charge in [0.2, 0.25) is 0 Å². The number of hydrogen-bond acceptors (Lipinski definition) is 4. The molecule has 0 fully saturated rings. The van der Waals surface area contributed by atoms with Gasteiger partial charge in [0.25, 0.3) is 10.0 Å². The monoisotopic (exact) mass is 426 g/mol. The Labute approximate surface area is 179 Å². The van der Waals surface area contributed by atoms with Gasteiger partial charge in [0, 0.05) is 25.4 Å². The molecule has 0 aliphatic carbocycles. The van der Waals surface area contributed by atoms with Gasteiger partial charge in [-0.1, -0.05) is 24.3 Å². The second kappa shape index (κ2) is 9.02. The largest absolute Gasteiger partial charge is 0.323 e. The predicted molar refractivity (Wildman–Crippen MR) is 122 cm³/mol. The topological polar surface area (TPSA) is 67.2 Å². The Bertz CT molecular complexity index is 1140. The molecule has 0 spiro atoms. The van der Waals surface area contributed by atoms with Crippen LogP contribution in [0.3, 0.4) is 0 Å². The normalized spacial score (nSPS) is 13.4. The Balaban J connectivity index is 0.000000806. The van der Waals surface area contributed by atoms with Gasteiger partial charge in [-0.05, 0) is 75.2 Å². The Morgan fingerprint density at radius 3 is 2.40 bits per heavy atom. The SMILES string of the molecule is CNC.Cc1cc(-c2cnn(C)c2)ccc1S(=O)(=O)N1CCCc2cccc(C)c21. The molecule has 1 aliphatic heterocycles. The van der Waals surface area contributed by atoms with E-state index in [-0.39, 0.29) is 0 Å². The highest BCUT2D eigenvalue weighted by atomic mass is 32.2. The Morgan fingerprint density at radius 2 is 1.77 bits per heavy atom. The lowest BCUT2D eigenvalue weighted by Gasteiger charge is -2.32. The van der Waals surface area contributed by atoms with Crippen molar-refractivity contribution >= 4 is 15.7 Å². The molecule has 0 bridgehead atoms. The van der Waals surface area contributed by atoms with Crippen LogP contribution in [-0.2, 0) is 23.5 Å². The van der Waals surface area contributed by atoms with Crippen LogP contribution >= 0.6 is 0 Å². The maximum absolute atomic E-state index is 13.5. The van der Waals surface area contributed by atoms with Crippen molar-refractivity contribution in [1.82, 2.24) is 15.1 Å². The second-order valence-electron chi connectivity index (χ2n) is 7.65. The fraction of sp³-hybridized carbons (Fsp3) is 0.348. The molecule has 1 aliphatic rings. The van der Waals surface area contributed by atoms with E-state index < -0.39 is 10.0 Å². The zero-order valence-corrected chi connectivity index (χ0v) is 19.1. The van der Waals surface area contributed by atoms with Crippen molar-refractivity contribution in [3.8, 4) is 11.1 Å². The second-order valence-corrected chi connectivity index (χ2v) is 9.48. The van der Waals surface area contributed by atoms with Gasteiger partial charge in [0.1, 0.15) is 0 Å². The molecule has 160 valence electrons. The number of aryl methyl sites for hydroxylation is 4. The molecule has 0 amide bonds. The molecule has 2 heterocycles. The van der Waals surface area contributed by atoms with Gasteiger partial charge >= 0.3 is 0 Å². The van der Waals surface area contributed by atoms with E-state index >= 15 is 0 Å². The Morgan fingerprint density at radius 1 is 1.03 bits per heavy atom. The average Bonchev–Trinajstić information content (AvgIpc) is 3.14. The molecule has 0 saturated carbocycles. The van der Waals surface area contributed by atoms with Crippen molar-refractivity contribution in [2.45, 2.75) is 31.6 Å². The van der Waals surface area contributed by atoms with Crippen molar-refractivity contribution < 1.29 is 8.42 Å². The summed E-state index contributed by atoms with van der Waals surface area (Å²) in [4.78, 5) is 0.367. The Kier molecular flexibility index (Phi) is 6.63. The zero-order chi connectivity index (χ0) is 21.9. The van der Waals surface area contributed by atoms with Crippen LogP contribution in [0.25, 0.3) is 11.1 Å². The van der Waals surface area contributed by atoms with E-state index in [1.807, 2.05) is 71.5 Å². The molecule has 3 aromatic rings. The minimum absolute atomic E-state index is 0.367. The third-order valence-electron chi connectivity index (χ3n) is 5.16. The molecule has 6 nitrogen and oxygen atoms in total. The third kappa shape index (κ3) is 4.27. The molecule has 0 atom stereocenters. The molecule has 30 heavy (non-hydrogen) atoms. The molecule has 1 N–H and O–H groups in total. The van der Waals surface area contributed by atoms with E-state index in [4.69, 9.17) is 0 Å². The first-order valence-corrected chi connectivity index (χ1v) is 11.5. The minimum Gasteiger partial charge on any atom is -0.323 e. The highest BCUT2D eigenvalue weighted by Gasteiger charge is 2.31. The molecule has 2 aromatic carbocycles. The number of nitrogens with zero attached hydrogens (tertiary/aromatic N) is 3. The van der Waals surface area contributed by atoms with Gasteiger partial charge in [-0.2, -0.15) is 5.10 Å². The van der Waals surface area contributed by atoms with E-state index in [1.54, 1.807) is 21.3 Å². The van der Waals surface area contributed by atoms with Gasteiger partial charge < -0.3 is 5.32 Å². The molecule has 1 aromatic heterocycles. The van der Waals surface area contributed by atoms with Crippen molar-refractivity contribution in [1.29, 1.82) is 0 Å². The lowest BCUT2D eigenvalue weighted by molar-refractivity contribution is 0.586. The van der Waals surface area contributed by atoms with Crippen LogP contribution in [0.5, 0.6) is 0 Å². The number of para-hydroxylation sites is 1. The predicted octanol–water partition coefficient (Wildman–Crippen LogP) is 3.68. The molecular formula is C23H30N4O2S. The van der Waals surface area contributed by atoms with E-state index in [9.17, 15) is 8.42 Å². The fourth-order valence-corrected chi connectivity index (χ4v) is 5.67. The van der Waals surface area contributed by atoms with Gasteiger partial charge in [-0.25, -0.2) is 8.42 Å². The summed E-state index contributed by atoms with van der Waals surface area (Å²) in [5, 5.41) is 6.94. The summed E-state index contributed by atoms with van der Waals surface area (Å²) in [6.07, 6.45) is 5.46. The lowest BCUT2D eigenvalue weighted by atomic mass is 10.0. The molecule has 4 rings (SSSR count). The van der Waals surface area contributed by atoms with Gasteiger partial charge in [0.05, 0.1) is 16.8 Å². The van der Waals surface area contributed by atoms with E-state index in [1.165, 1.54) is 0 Å². The zero-order valence-electron chi connectivity index (χ0n) is 18.3. The first kappa shape index (κ1) is 22.1. The van der Waals surface area contributed by atoms with Crippen molar-refractivity contribution in [3.63, 3.8) is 0 Å². The fourth-order valence-electron chi connectivity index (χ4n) is 3.85. The first-order chi connectivity index (χ1) is 14.3. The number of hydrogen-bond donors (Lipinski definition) is 1. The smallest absolute Gasteiger partial charge is 0.264 e. The van der Waals surface area contributed by atoms with Gasteiger partial charge in [-0.3, -0.25) is 8.99 Å². The third-order valence-corrected chi connectivity index (χ3v) is 7.12. The van der Waals surface area contributed by atoms with Crippen LogP contribution in [0.1, 0.15) is 23.1 Å². The number of anilines is 1. The quantitative estimate of drug-likeness (QED) is 0.694.